The highest BCUT2D eigenvalue weighted by atomic mass is 16.5. The molecule has 0 radical (unpaired) electrons. The summed E-state index contributed by atoms with van der Waals surface area (Å²) in [7, 11) is 0. The summed E-state index contributed by atoms with van der Waals surface area (Å²) in [6, 6.07) is 0.342. The van der Waals surface area contributed by atoms with Gasteiger partial charge in [-0.25, -0.2) is 0 Å². The zero-order valence-electron chi connectivity index (χ0n) is 11.3. The minimum atomic E-state index is -0.508. The van der Waals surface area contributed by atoms with Crippen molar-refractivity contribution in [2.45, 2.75) is 45.3 Å². The summed E-state index contributed by atoms with van der Waals surface area (Å²) in [4.78, 5) is 2.45. The second-order valence-corrected chi connectivity index (χ2v) is 7.00. The molecule has 3 nitrogen and oxygen atoms in total. The molecule has 0 aromatic carbocycles. The standard InChI is InChI=1S/C14H25NO2/c1-13(2)10-8-12(14(3,16)9-11(10)13)15-4-6-17-7-5-15/h10-12,16H,4-9H2,1-3H3/t10?,11?,12-,14-/m0/s1. The summed E-state index contributed by atoms with van der Waals surface area (Å²) >= 11 is 0. The van der Waals surface area contributed by atoms with Gasteiger partial charge in [-0.1, -0.05) is 13.8 Å². The number of nitrogens with zero attached hydrogens (tertiary/aromatic N) is 1. The van der Waals surface area contributed by atoms with Crippen molar-refractivity contribution in [2.75, 3.05) is 26.3 Å². The van der Waals surface area contributed by atoms with Gasteiger partial charge in [0.15, 0.2) is 0 Å². The van der Waals surface area contributed by atoms with E-state index in [4.69, 9.17) is 4.74 Å². The molecule has 1 N–H and O–H groups in total. The van der Waals surface area contributed by atoms with Crippen LogP contribution >= 0.6 is 0 Å². The number of aliphatic hydroxyl groups is 1. The lowest BCUT2D eigenvalue weighted by molar-refractivity contribution is -0.0890. The SMILES string of the molecule is CC1(C)C2C[C@H](N3CCOCC3)[C@@](C)(O)CC21. The summed E-state index contributed by atoms with van der Waals surface area (Å²) in [5.41, 5.74) is -0.0443. The van der Waals surface area contributed by atoms with Gasteiger partial charge in [0.05, 0.1) is 18.8 Å². The molecule has 0 amide bonds. The average Bonchev–Trinajstić information content (AvgIpc) is 2.78. The van der Waals surface area contributed by atoms with Crippen LogP contribution in [0.1, 0.15) is 33.6 Å². The second kappa shape index (κ2) is 3.69. The minimum Gasteiger partial charge on any atom is -0.389 e. The first-order chi connectivity index (χ1) is 7.93. The molecule has 1 heterocycles. The lowest BCUT2D eigenvalue weighted by Gasteiger charge is -2.45. The molecule has 2 saturated carbocycles. The van der Waals surface area contributed by atoms with Crippen molar-refractivity contribution in [3.05, 3.63) is 0 Å². The third kappa shape index (κ3) is 1.83. The van der Waals surface area contributed by atoms with Crippen molar-refractivity contribution in [3.63, 3.8) is 0 Å². The zero-order valence-corrected chi connectivity index (χ0v) is 11.3. The van der Waals surface area contributed by atoms with Crippen molar-refractivity contribution in [2.24, 2.45) is 17.3 Å². The highest BCUT2D eigenvalue weighted by molar-refractivity contribution is 5.14. The number of rotatable bonds is 1. The number of hydrogen-bond donors (Lipinski definition) is 1. The van der Waals surface area contributed by atoms with E-state index in [1.54, 1.807) is 0 Å². The summed E-state index contributed by atoms with van der Waals surface area (Å²) in [6.45, 7) is 10.4. The Hall–Kier alpha value is -0.120. The molecular weight excluding hydrogens is 214 g/mol. The fraction of sp³-hybridized carbons (Fsp3) is 1.00. The molecule has 0 aromatic rings. The van der Waals surface area contributed by atoms with Crippen LogP contribution in [0.15, 0.2) is 0 Å². The summed E-state index contributed by atoms with van der Waals surface area (Å²) in [5, 5.41) is 10.7. The van der Waals surface area contributed by atoms with Gasteiger partial charge < -0.3 is 9.84 Å². The molecule has 3 fully saturated rings. The van der Waals surface area contributed by atoms with Crippen LogP contribution in [0.2, 0.25) is 0 Å². The summed E-state index contributed by atoms with van der Waals surface area (Å²) < 4.78 is 5.41. The van der Waals surface area contributed by atoms with Gasteiger partial charge in [-0.2, -0.15) is 0 Å². The van der Waals surface area contributed by atoms with E-state index >= 15 is 0 Å². The van der Waals surface area contributed by atoms with Crippen LogP contribution in [0.3, 0.4) is 0 Å². The molecule has 0 aromatic heterocycles. The zero-order chi connectivity index (χ0) is 12.3. The van der Waals surface area contributed by atoms with Gasteiger partial charge in [-0.3, -0.25) is 4.90 Å². The van der Waals surface area contributed by atoms with E-state index in [0.717, 1.165) is 44.6 Å². The second-order valence-electron chi connectivity index (χ2n) is 7.00. The largest absolute Gasteiger partial charge is 0.389 e. The van der Waals surface area contributed by atoms with Crippen LogP contribution in [0.4, 0.5) is 0 Å². The first-order valence-electron chi connectivity index (χ1n) is 6.97. The Morgan fingerprint density at radius 3 is 2.41 bits per heavy atom. The molecule has 2 aliphatic carbocycles. The number of morpholine rings is 1. The van der Waals surface area contributed by atoms with E-state index in [1.807, 2.05) is 6.92 Å². The van der Waals surface area contributed by atoms with Gasteiger partial charge in [0.1, 0.15) is 0 Å². The molecular formula is C14H25NO2. The van der Waals surface area contributed by atoms with Crippen LogP contribution in [0.5, 0.6) is 0 Å². The van der Waals surface area contributed by atoms with Crippen molar-refractivity contribution in [1.29, 1.82) is 0 Å². The molecule has 98 valence electrons. The molecule has 1 aliphatic heterocycles. The number of ether oxygens (including phenoxy) is 1. The Kier molecular flexibility index (Phi) is 2.59. The van der Waals surface area contributed by atoms with Crippen LogP contribution in [0.25, 0.3) is 0 Å². The fourth-order valence-corrected chi connectivity index (χ4v) is 4.24. The Morgan fingerprint density at radius 2 is 1.76 bits per heavy atom. The number of fused-ring (bicyclic) bond motifs is 1. The van der Waals surface area contributed by atoms with E-state index in [9.17, 15) is 5.11 Å². The highest BCUT2D eigenvalue weighted by Gasteiger charge is 2.64. The predicted molar refractivity (Wildman–Crippen MR) is 66.8 cm³/mol. The van der Waals surface area contributed by atoms with E-state index in [2.05, 4.69) is 18.7 Å². The average molecular weight is 239 g/mol. The van der Waals surface area contributed by atoms with E-state index < -0.39 is 5.60 Å². The Labute approximate surface area is 104 Å². The van der Waals surface area contributed by atoms with Crippen molar-refractivity contribution < 1.29 is 9.84 Å². The number of hydrogen-bond acceptors (Lipinski definition) is 3. The van der Waals surface area contributed by atoms with E-state index in [0.29, 0.717) is 11.5 Å². The van der Waals surface area contributed by atoms with Crippen LogP contribution in [0, 0.1) is 17.3 Å². The van der Waals surface area contributed by atoms with Crippen LogP contribution in [-0.4, -0.2) is 48.0 Å². The normalized spacial score (nSPS) is 49.8. The molecule has 2 unspecified atom stereocenters. The highest BCUT2D eigenvalue weighted by Crippen LogP contribution is 2.66. The third-order valence-electron chi connectivity index (χ3n) is 5.60. The molecule has 4 atom stereocenters. The first kappa shape index (κ1) is 11.9. The van der Waals surface area contributed by atoms with Gasteiger partial charge in [-0.05, 0) is 37.0 Å². The summed E-state index contributed by atoms with van der Waals surface area (Å²) in [6.07, 6.45) is 2.15. The minimum absolute atomic E-state index is 0.342. The van der Waals surface area contributed by atoms with Gasteiger partial charge in [0.25, 0.3) is 0 Å². The third-order valence-corrected chi connectivity index (χ3v) is 5.60. The first-order valence-corrected chi connectivity index (χ1v) is 6.97. The maximum absolute atomic E-state index is 10.7. The maximum atomic E-state index is 10.7. The molecule has 17 heavy (non-hydrogen) atoms. The van der Waals surface area contributed by atoms with Crippen molar-refractivity contribution in [1.82, 2.24) is 4.90 Å². The van der Waals surface area contributed by atoms with Gasteiger partial charge in [0, 0.05) is 19.1 Å². The molecule has 0 spiro atoms. The molecule has 3 heteroatoms. The van der Waals surface area contributed by atoms with Crippen molar-refractivity contribution in [3.8, 4) is 0 Å². The topological polar surface area (TPSA) is 32.7 Å². The molecule has 3 rings (SSSR count). The molecule has 0 bridgehead atoms. The van der Waals surface area contributed by atoms with Crippen LogP contribution < -0.4 is 0 Å². The van der Waals surface area contributed by atoms with Crippen LogP contribution in [-0.2, 0) is 4.74 Å². The Morgan fingerprint density at radius 1 is 1.12 bits per heavy atom. The lowest BCUT2D eigenvalue weighted by Crippen LogP contribution is -2.56. The Balaban J connectivity index is 1.75. The van der Waals surface area contributed by atoms with Gasteiger partial charge >= 0.3 is 0 Å². The van der Waals surface area contributed by atoms with Crippen molar-refractivity contribution >= 4 is 0 Å². The van der Waals surface area contributed by atoms with Gasteiger partial charge in [-0.15, -0.1) is 0 Å². The fourth-order valence-electron chi connectivity index (χ4n) is 4.24. The summed E-state index contributed by atoms with van der Waals surface area (Å²) in [5.74, 6) is 1.57. The van der Waals surface area contributed by atoms with E-state index in [-0.39, 0.29) is 0 Å². The Bertz CT molecular complexity index is 307. The molecule has 3 aliphatic rings. The smallest absolute Gasteiger partial charge is 0.0777 e. The monoisotopic (exact) mass is 239 g/mol. The lowest BCUT2D eigenvalue weighted by atomic mass is 9.80. The van der Waals surface area contributed by atoms with E-state index in [1.165, 1.54) is 6.42 Å². The van der Waals surface area contributed by atoms with Gasteiger partial charge in [0.2, 0.25) is 0 Å². The maximum Gasteiger partial charge on any atom is 0.0777 e. The quantitative estimate of drug-likeness (QED) is 0.753. The molecule has 1 saturated heterocycles. The predicted octanol–water partition coefficient (Wildman–Crippen LogP) is 1.50.